The number of nitrogens with zero attached hydrogens (tertiary/aromatic N) is 2. The molecule has 0 aliphatic rings. The van der Waals surface area contributed by atoms with Crippen molar-refractivity contribution in [2.24, 2.45) is 0 Å². The summed E-state index contributed by atoms with van der Waals surface area (Å²) < 4.78 is 2.11. The molecular formula is C25H23N3OS. The molecule has 1 N–H and O–H groups in total. The fraction of sp³-hybridized carbons (Fsp3) is 0.120. The van der Waals surface area contributed by atoms with Crippen LogP contribution in [-0.2, 0) is 4.79 Å². The fourth-order valence-corrected chi connectivity index (χ4v) is 3.95. The third-order valence-corrected chi connectivity index (χ3v) is 5.71. The number of carbonyl (C=O) groups is 1. The van der Waals surface area contributed by atoms with Crippen molar-refractivity contribution in [3.8, 4) is 16.9 Å². The maximum Gasteiger partial charge on any atom is 0.234 e. The van der Waals surface area contributed by atoms with Gasteiger partial charge in [0.15, 0.2) is 5.16 Å². The second-order valence-electron chi connectivity index (χ2n) is 7.17. The quantitative estimate of drug-likeness (QED) is 0.401. The molecule has 0 spiro atoms. The highest BCUT2D eigenvalue weighted by Crippen LogP contribution is 2.30. The van der Waals surface area contributed by atoms with Crippen LogP contribution in [-0.4, -0.2) is 21.2 Å². The molecule has 0 atom stereocenters. The molecule has 5 heteroatoms. The number of benzene rings is 3. The number of imidazole rings is 1. The number of hydrogen-bond donors (Lipinski definition) is 1. The number of hydrogen-bond acceptors (Lipinski definition) is 3. The highest BCUT2D eigenvalue weighted by atomic mass is 32.2. The van der Waals surface area contributed by atoms with Crippen molar-refractivity contribution in [3.05, 3.63) is 96.2 Å². The lowest BCUT2D eigenvalue weighted by atomic mass is 10.1. The molecule has 1 heterocycles. The number of aromatic nitrogens is 2. The first kappa shape index (κ1) is 20.0. The van der Waals surface area contributed by atoms with Gasteiger partial charge < -0.3 is 5.32 Å². The fourth-order valence-electron chi connectivity index (χ4n) is 3.16. The van der Waals surface area contributed by atoms with Crippen LogP contribution in [0.5, 0.6) is 0 Å². The Balaban J connectivity index is 1.58. The molecule has 4 aromatic rings. The third kappa shape index (κ3) is 4.63. The lowest BCUT2D eigenvalue weighted by molar-refractivity contribution is -0.113. The first-order valence-corrected chi connectivity index (χ1v) is 10.8. The molecule has 0 radical (unpaired) electrons. The van der Waals surface area contributed by atoms with E-state index in [0.29, 0.717) is 0 Å². The van der Waals surface area contributed by atoms with Crippen LogP contribution in [0.4, 0.5) is 5.69 Å². The van der Waals surface area contributed by atoms with E-state index in [1.54, 1.807) is 0 Å². The van der Waals surface area contributed by atoms with E-state index in [0.717, 1.165) is 33.4 Å². The highest BCUT2D eigenvalue weighted by Gasteiger charge is 2.15. The first-order valence-electron chi connectivity index (χ1n) is 9.80. The smallest absolute Gasteiger partial charge is 0.234 e. The Kier molecular flexibility index (Phi) is 6.00. The number of carbonyl (C=O) groups excluding carboxylic acids is 1. The van der Waals surface area contributed by atoms with Gasteiger partial charge in [-0.15, -0.1) is 0 Å². The normalized spacial score (nSPS) is 10.7. The van der Waals surface area contributed by atoms with Crippen LogP contribution < -0.4 is 5.32 Å². The van der Waals surface area contributed by atoms with Crippen LogP contribution in [0, 0.1) is 13.8 Å². The third-order valence-electron chi connectivity index (χ3n) is 4.76. The van der Waals surface area contributed by atoms with Gasteiger partial charge in [-0.2, -0.15) is 0 Å². The van der Waals surface area contributed by atoms with Crippen LogP contribution in [0.2, 0.25) is 0 Å². The van der Waals surface area contributed by atoms with E-state index in [-0.39, 0.29) is 11.7 Å². The Hall–Kier alpha value is -3.31. The number of anilines is 1. The van der Waals surface area contributed by atoms with Crippen molar-refractivity contribution >= 4 is 23.4 Å². The van der Waals surface area contributed by atoms with Gasteiger partial charge in [0.2, 0.25) is 5.91 Å². The molecule has 0 bridgehead atoms. The molecule has 0 saturated carbocycles. The van der Waals surface area contributed by atoms with Crippen LogP contribution in [0.25, 0.3) is 16.9 Å². The number of thioether (sulfide) groups is 1. The predicted molar refractivity (Wildman–Crippen MR) is 124 cm³/mol. The minimum atomic E-state index is -0.0522. The summed E-state index contributed by atoms with van der Waals surface area (Å²) in [6.07, 6.45) is 1.87. The van der Waals surface area contributed by atoms with Crippen molar-refractivity contribution in [2.45, 2.75) is 19.0 Å². The Morgan fingerprint density at radius 1 is 0.900 bits per heavy atom. The monoisotopic (exact) mass is 413 g/mol. The molecule has 0 saturated heterocycles. The topological polar surface area (TPSA) is 46.9 Å². The molecule has 0 fully saturated rings. The van der Waals surface area contributed by atoms with Crippen molar-refractivity contribution in [1.82, 2.24) is 9.55 Å². The molecule has 1 aromatic heterocycles. The van der Waals surface area contributed by atoms with E-state index in [9.17, 15) is 4.79 Å². The van der Waals surface area contributed by atoms with E-state index in [1.807, 2.05) is 55.6 Å². The SMILES string of the molecule is Cc1ccc(NC(=O)CSc2ncc(-c3ccccc3)n2-c2ccc(C)cc2)cc1. The molecule has 150 valence electrons. The van der Waals surface area contributed by atoms with Gasteiger partial charge in [-0.25, -0.2) is 4.98 Å². The lowest BCUT2D eigenvalue weighted by Gasteiger charge is -2.12. The van der Waals surface area contributed by atoms with Crippen LogP contribution >= 0.6 is 11.8 Å². The summed E-state index contributed by atoms with van der Waals surface area (Å²) in [5, 5.41) is 3.74. The summed E-state index contributed by atoms with van der Waals surface area (Å²) >= 11 is 1.43. The molecule has 3 aromatic carbocycles. The van der Waals surface area contributed by atoms with Crippen molar-refractivity contribution < 1.29 is 4.79 Å². The summed E-state index contributed by atoms with van der Waals surface area (Å²) in [5.41, 5.74) is 6.28. The first-order chi connectivity index (χ1) is 14.6. The number of amides is 1. The Morgan fingerprint density at radius 3 is 2.20 bits per heavy atom. The summed E-state index contributed by atoms with van der Waals surface area (Å²) in [7, 11) is 0. The van der Waals surface area contributed by atoms with Crippen LogP contribution in [0.3, 0.4) is 0 Å². The minimum absolute atomic E-state index is 0.0522. The van der Waals surface area contributed by atoms with Crippen LogP contribution in [0.1, 0.15) is 11.1 Å². The molecule has 4 rings (SSSR count). The zero-order valence-electron chi connectivity index (χ0n) is 17.0. The minimum Gasteiger partial charge on any atom is -0.325 e. The van der Waals surface area contributed by atoms with Gasteiger partial charge in [0.1, 0.15) is 0 Å². The molecule has 0 aliphatic heterocycles. The lowest BCUT2D eigenvalue weighted by Crippen LogP contribution is -2.14. The van der Waals surface area contributed by atoms with Crippen molar-refractivity contribution in [2.75, 3.05) is 11.1 Å². The van der Waals surface area contributed by atoms with E-state index in [4.69, 9.17) is 0 Å². The second kappa shape index (κ2) is 9.01. The van der Waals surface area contributed by atoms with E-state index in [1.165, 1.54) is 17.3 Å². The number of aryl methyl sites for hydroxylation is 2. The van der Waals surface area contributed by atoms with E-state index < -0.39 is 0 Å². The molecule has 4 nitrogen and oxygen atoms in total. The number of nitrogens with one attached hydrogen (secondary N) is 1. The van der Waals surface area contributed by atoms with Crippen molar-refractivity contribution in [1.29, 1.82) is 0 Å². The van der Waals surface area contributed by atoms with Gasteiger partial charge in [0.25, 0.3) is 0 Å². The van der Waals surface area contributed by atoms with Gasteiger partial charge in [-0.1, -0.05) is 77.5 Å². The average Bonchev–Trinajstić information content (AvgIpc) is 3.19. The van der Waals surface area contributed by atoms with Gasteiger partial charge >= 0.3 is 0 Å². The van der Waals surface area contributed by atoms with Gasteiger partial charge in [0, 0.05) is 16.9 Å². The molecule has 0 aliphatic carbocycles. The molecular weight excluding hydrogens is 390 g/mol. The van der Waals surface area contributed by atoms with E-state index >= 15 is 0 Å². The Morgan fingerprint density at radius 2 is 1.53 bits per heavy atom. The Bertz CT molecular complexity index is 1130. The zero-order valence-corrected chi connectivity index (χ0v) is 17.8. The van der Waals surface area contributed by atoms with Crippen LogP contribution in [0.15, 0.2) is 90.2 Å². The standard InChI is InChI=1S/C25H23N3OS/c1-18-8-12-21(13-9-18)27-24(29)17-30-25-26-16-23(20-6-4-3-5-7-20)28(25)22-14-10-19(2)11-15-22/h3-16H,17H2,1-2H3,(H,27,29). The number of rotatable bonds is 6. The van der Waals surface area contributed by atoms with E-state index in [2.05, 4.69) is 58.2 Å². The molecule has 0 unspecified atom stereocenters. The largest absolute Gasteiger partial charge is 0.325 e. The summed E-state index contributed by atoms with van der Waals surface area (Å²) in [6, 6.07) is 26.3. The van der Waals surface area contributed by atoms with Gasteiger partial charge in [-0.05, 0) is 38.1 Å². The maximum atomic E-state index is 12.5. The summed E-state index contributed by atoms with van der Waals surface area (Å²) in [5.74, 6) is 0.230. The molecule has 1 amide bonds. The second-order valence-corrected chi connectivity index (χ2v) is 8.11. The maximum absolute atomic E-state index is 12.5. The van der Waals surface area contributed by atoms with Crippen molar-refractivity contribution in [3.63, 3.8) is 0 Å². The summed E-state index contributed by atoms with van der Waals surface area (Å²) in [6.45, 7) is 4.09. The summed E-state index contributed by atoms with van der Waals surface area (Å²) in [4.78, 5) is 17.1. The Labute approximate surface area is 181 Å². The van der Waals surface area contributed by atoms with Gasteiger partial charge in [-0.3, -0.25) is 9.36 Å². The predicted octanol–water partition coefficient (Wildman–Crippen LogP) is 5.89. The zero-order chi connectivity index (χ0) is 20.9. The average molecular weight is 414 g/mol. The van der Waals surface area contributed by atoms with Gasteiger partial charge in [0.05, 0.1) is 17.6 Å². The highest BCUT2D eigenvalue weighted by molar-refractivity contribution is 7.99. The molecule has 30 heavy (non-hydrogen) atoms.